The number of rotatable bonds is 4. The van der Waals surface area contributed by atoms with Gasteiger partial charge in [-0.3, -0.25) is 10.0 Å². The molecule has 0 aromatic heterocycles. The largest absolute Gasteiger partial charge is 0.316 e. The van der Waals surface area contributed by atoms with Crippen molar-refractivity contribution in [3.8, 4) is 6.19 Å². The molecule has 0 saturated carbocycles. The molecule has 9 heteroatoms. The predicted octanol–water partition coefficient (Wildman–Crippen LogP) is -0.519. The van der Waals surface area contributed by atoms with Crippen LogP contribution in [0.15, 0.2) is 5.10 Å². The van der Waals surface area contributed by atoms with E-state index in [1.165, 1.54) is 6.19 Å². The Bertz CT molecular complexity index is 336. The highest BCUT2D eigenvalue weighted by Crippen LogP contribution is 2.08. The van der Waals surface area contributed by atoms with Crippen LogP contribution >= 0.6 is 0 Å². The van der Waals surface area contributed by atoms with Crippen LogP contribution < -0.4 is 5.84 Å². The van der Waals surface area contributed by atoms with Crippen molar-refractivity contribution < 1.29 is 5.03 Å². The highest BCUT2D eigenvalue weighted by Gasteiger charge is 2.32. The minimum atomic E-state index is -0.859. The Hall–Kier alpha value is -2.08. The number of hydrazine groups is 2. The van der Waals surface area contributed by atoms with Crippen molar-refractivity contribution >= 4 is 5.96 Å². The molecular weight excluding hydrogens is 214 g/mol. The SMILES string of the molecule is CCCCN1CN(N)C(N(C#N)[N+](=O)[O-])=N1. The molecule has 0 aromatic carbocycles. The Balaban J connectivity index is 2.72. The topological polar surface area (TPSA) is 115 Å². The summed E-state index contributed by atoms with van der Waals surface area (Å²) in [7, 11) is 0. The summed E-state index contributed by atoms with van der Waals surface area (Å²) in [6, 6.07) is 0. The predicted molar refractivity (Wildman–Crippen MR) is 54.4 cm³/mol. The van der Waals surface area contributed by atoms with Crippen molar-refractivity contribution in [1.82, 2.24) is 15.0 Å². The molecule has 9 nitrogen and oxygen atoms in total. The Labute approximate surface area is 92.4 Å². The Morgan fingerprint density at radius 3 is 3.00 bits per heavy atom. The number of guanidine groups is 1. The molecule has 0 amide bonds. The molecule has 0 unspecified atom stereocenters. The van der Waals surface area contributed by atoms with Crippen molar-refractivity contribution in [1.29, 1.82) is 5.26 Å². The van der Waals surface area contributed by atoms with Gasteiger partial charge in [0.15, 0.2) is 5.03 Å². The van der Waals surface area contributed by atoms with E-state index in [4.69, 9.17) is 11.1 Å². The van der Waals surface area contributed by atoms with Crippen LogP contribution in [-0.4, -0.2) is 39.2 Å². The fraction of sp³-hybridized carbons (Fsp3) is 0.714. The van der Waals surface area contributed by atoms with Gasteiger partial charge in [-0.2, -0.15) is 5.26 Å². The molecule has 16 heavy (non-hydrogen) atoms. The lowest BCUT2D eigenvalue weighted by atomic mass is 10.3. The monoisotopic (exact) mass is 227 g/mol. The van der Waals surface area contributed by atoms with Gasteiger partial charge in [0.1, 0.15) is 6.67 Å². The molecule has 0 spiro atoms. The van der Waals surface area contributed by atoms with Crippen LogP contribution in [0.25, 0.3) is 0 Å². The molecule has 0 fully saturated rings. The second-order valence-corrected chi connectivity index (χ2v) is 3.24. The van der Waals surface area contributed by atoms with E-state index in [0.29, 0.717) is 6.54 Å². The second-order valence-electron chi connectivity index (χ2n) is 3.24. The first kappa shape index (κ1) is 12.0. The first-order valence-electron chi connectivity index (χ1n) is 4.80. The fourth-order valence-electron chi connectivity index (χ4n) is 1.23. The Morgan fingerprint density at radius 2 is 2.50 bits per heavy atom. The number of hydrogen-bond donors (Lipinski definition) is 1. The van der Waals surface area contributed by atoms with Crippen LogP contribution in [0.1, 0.15) is 19.8 Å². The smallest absolute Gasteiger partial charge is 0.272 e. The first-order valence-corrected chi connectivity index (χ1v) is 4.80. The van der Waals surface area contributed by atoms with Crippen LogP contribution in [-0.2, 0) is 0 Å². The molecule has 1 aliphatic rings. The zero-order valence-electron chi connectivity index (χ0n) is 8.91. The molecule has 0 radical (unpaired) electrons. The maximum Gasteiger partial charge on any atom is 0.316 e. The van der Waals surface area contributed by atoms with Gasteiger partial charge in [-0.15, -0.1) is 5.10 Å². The summed E-state index contributed by atoms with van der Waals surface area (Å²) in [6.45, 7) is 2.94. The molecule has 0 saturated heterocycles. The maximum absolute atomic E-state index is 10.5. The number of hydrazone groups is 1. The number of nitrogens with zero attached hydrogens (tertiary/aromatic N) is 6. The standard InChI is InChI=1S/C7H13N7O2/c1-2-3-4-11-6-12(9)7(10-11)13(5-8)14(15)16/h2-4,6,9H2,1H3. The van der Waals surface area contributed by atoms with Crippen LogP contribution in [0.4, 0.5) is 0 Å². The molecule has 0 aliphatic carbocycles. The van der Waals surface area contributed by atoms with Gasteiger partial charge in [0.05, 0.1) is 0 Å². The van der Waals surface area contributed by atoms with Crippen LogP contribution in [0, 0.1) is 21.6 Å². The summed E-state index contributed by atoms with van der Waals surface area (Å²) < 4.78 is 0. The number of nitrogens with two attached hydrogens (primary N) is 1. The summed E-state index contributed by atoms with van der Waals surface area (Å²) in [5, 5.41) is 25.1. The number of nitriles is 1. The van der Waals surface area contributed by atoms with E-state index >= 15 is 0 Å². The van der Waals surface area contributed by atoms with E-state index in [0.717, 1.165) is 17.9 Å². The number of nitro groups is 1. The van der Waals surface area contributed by atoms with Crippen molar-refractivity contribution in [2.24, 2.45) is 10.9 Å². The Morgan fingerprint density at radius 1 is 1.81 bits per heavy atom. The molecular formula is C7H13N7O2. The van der Waals surface area contributed by atoms with Crippen molar-refractivity contribution in [3.05, 3.63) is 10.1 Å². The van der Waals surface area contributed by atoms with E-state index in [-0.39, 0.29) is 17.6 Å². The zero-order valence-corrected chi connectivity index (χ0v) is 8.91. The zero-order chi connectivity index (χ0) is 12.1. The van der Waals surface area contributed by atoms with Gasteiger partial charge < -0.3 is 0 Å². The van der Waals surface area contributed by atoms with E-state index in [1.54, 1.807) is 5.01 Å². The third-order valence-electron chi connectivity index (χ3n) is 2.02. The summed E-state index contributed by atoms with van der Waals surface area (Å²) in [5.74, 6) is 5.36. The van der Waals surface area contributed by atoms with Crippen LogP contribution in [0.3, 0.4) is 0 Å². The van der Waals surface area contributed by atoms with Gasteiger partial charge >= 0.3 is 5.96 Å². The number of unbranched alkanes of at least 4 members (excludes halogenated alkanes) is 1. The van der Waals surface area contributed by atoms with Gasteiger partial charge in [0.2, 0.25) is 0 Å². The van der Waals surface area contributed by atoms with Gasteiger partial charge in [-0.25, -0.2) is 16.0 Å². The lowest BCUT2D eigenvalue weighted by molar-refractivity contribution is -0.612. The van der Waals surface area contributed by atoms with Crippen molar-refractivity contribution in [3.63, 3.8) is 0 Å². The number of hydrogen-bond acceptors (Lipinski definition) is 7. The summed E-state index contributed by atoms with van der Waals surface area (Å²) >= 11 is 0. The molecule has 2 N–H and O–H groups in total. The van der Waals surface area contributed by atoms with Gasteiger partial charge in [-0.05, 0) is 6.42 Å². The molecule has 0 atom stereocenters. The van der Waals surface area contributed by atoms with Crippen LogP contribution in [0.5, 0.6) is 0 Å². The average Bonchev–Trinajstić information content (AvgIpc) is 2.58. The van der Waals surface area contributed by atoms with Gasteiger partial charge in [0, 0.05) is 11.6 Å². The van der Waals surface area contributed by atoms with E-state index < -0.39 is 5.03 Å². The van der Waals surface area contributed by atoms with Crippen molar-refractivity contribution in [2.75, 3.05) is 13.2 Å². The average molecular weight is 227 g/mol. The highest BCUT2D eigenvalue weighted by atomic mass is 16.7. The van der Waals surface area contributed by atoms with Gasteiger partial charge in [-0.1, -0.05) is 13.3 Å². The minimum Gasteiger partial charge on any atom is -0.272 e. The summed E-state index contributed by atoms with van der Waals surface area (Å²) in [6.07, 6.45) is 3.31. The second kappa shape index (κ2) is 5.13. The molecule has 1 heterocycles. The molecule has 0 aromatic rings. The first-order chi connectivity index (χ1) is 7.60. The third-order valence-corrected chi connectivity index (χ3v) is 2.02. The van der Waals surface area contributed by atoms with E-state index in [9.17, 15) is 10.1 Å². The van der Waals surface area contributed by atoms with Crippen LogP contribution in [0.2, 0.25) is 0 Å². The molecule has 0 bridgehead atoms. The fourth-order valence-corrected chi connectivity index (χ4v) is 1.23. The van der Waals surface area contributed by atoms with E-state index in [1.807, 2.05) is 6.92 Å². The maximum atomic E-state index is 10.5. The quantitative estimate of drug-likeness (QED) is 0.226. The van der Waals surface area contributed by atoms with Gasteiger partial charge in [0.25, 0.3) is 6.19 Å². The highest BCUT2D eigenvalue weighted by molar-refractivity contribution is 5.80. The minimum absolute atomic E-state index is 0.163. The Kier molecular flexibility index (Phi) is 3.84. The van der Waals surface area contributed by atoms with Crippen molar-refractivity contribution in [2.45, 2.75) is 19.8 Å². The summed E-state index contributed by atoms with van der Waals surface area (Å²) in [5.41, 5.74) is 0. The normalized spacial score (nSPS) is 14.7. The third kappa shape index (κ3) is 2.48. The van der Waals surface area contributed by atoms with E-state index in [2.05, 4.69) is 5.10 Å². The lowest BCUT2D eigenvalue weighted by Crippen LogP contribution is -2.46. The molecule has 88 valence electrons. The molecule has 1 aliphatic heterocycles. The summed E-state index contributed by atoms with van der Waals surface area (Å²) in [4.78, 5) is 10.5. The lowest BCUT2D eigenvalue weighted by Gasteiger charge is -2.15. The molecule has 1 rings (SSSR count).